The molecule has 0 fully saturated rings. The first-order valence-electron chi connectivity index (χ1n) is 4.01. The number of nitrogens with zero attached hydrogens (tertiary/aromatic N) is 2. The first kappa shape index (κ1) is 11.3. The monoisotopic (exact) mass is 277 g/mol. The number of rotatable bonds is 1. The topological polar surface area (TPSA) is 92.9 Å². The molecule has 0 saturated heterocycles. The van der Waals surface area contributed by atoms with Gasteiger partial charge in [0, 0.05) is 0 Å². The minimum atomic E-state index is -0.599. The second-order valence-electron chi connectivity index (χ2n) is 2.78. The molecule has 4 N–H and O–H groups in total. The third kappa shape index (κ3) is 1.90. The van der Waals surface area contributed by atoms with Crippen molar-refractivity contribution in [1.82, 2.24) is 14.2 Å². The van der Waals surface area contributed by atoms with Gasteiger partial charge in [0.15, 0.2) is 0 Å². The van der Waals surface area contributed by atoms with Gasteiger partial charge in [-0.1, -0.05) is 23.2 Å². The number of urea groups is 1. The summed E-state index contributed by atoms with van der Waals surface area (Å²) in [5.41, 5.74) is 3.18. The molecule has 84 valence electrons. The molecule has 0 aliphatic rings. The minimum Gasteiger partial charge on any atom is -0.303 e. The lowest BCUT2D eigenvalue weighted by Crippen LogP contribution is -2.34. The molecule has 2 rings (SSSR count). The molecule has 2 aromatic rings. The van der Waals surface area contributed by atoms with E-state index in [9.17, 15) is 4.79 Å². The molecule has 9 heteroatoms. The van der Waals surface area contributed by atoms with Crippen LogP contribution in [0.5, 0.6) is 0 Å². The van der Waals surface area contributed by atoms with Crippen LogP contribution in [0.3, 0.4) is 0 Å². The van der Waals surface area contributed by atoms with Crippen LogP contribution in [0.1, 0.15) is 0 Å². The molecule has 16 heavy (non-hydrogen) atoms. The van der Waals surface area contributed by atoms with E-state index in [1.807, 2.05) is 5.43 Å². The van der Waals surface area contributed by atoms with E-state index in [0.29, 0.717) is 21.7 Å². The van der Waals surface area contributed by atoms with Gasteiger partial charge in [-0.2, -0.15) is 8.75 Å². The van der Waals surface area contributed by atoms with Crippen LogP contribution in [0.25, 0.3) is 11.0 Å². The molecule has 0 aliphatic carbocycles. The van der Waals surface area contributed by atoms with Gasteiger partial charge in [0.25, 0.3) is 0 Å². The highest BCUT2D eigenvalue weighted by atomic mass is 35.5. The van der Waals surface area contributed by atoms with Crippen molar-refractivity contribution in [3.8, 4) is 0 Å². The van der Waals surface area contributed by atoms with Crippen molar-refractivity contribution in [3.63, 3.8) is 0 Å². The lowest BCUT2D eigenvalue weighted by molar-refractivity contribution is 0.252. The maximum absolute atomic E-state index is 11.1. The highest BCUT2D eigenvalue weighted by molar-refractivity contribution is 7.00. The van der Waals surface area contributed by atoms with Gasteiger partial charge < -0.3 is 5.32 Å². The maximum atomic E-state index is 11.1. The molecule has 1 aromatic carbocycles. The summed E-state index contributed by atoms with van der Waals surface area (Å²) in [5.74, 6) is 4.95. The fourth-order valence-corrected chi connectivity index (χ4v) is 2.30. The van der Waals surface area contributed by atoms with Crippen LogP contribution < -0.4 is 16.6 Å². The van der Waals surface area contributed by atoms with E-state index < -0.39 is 6.03 Å². The van der Waals surface area contributed by atoms with Crippen LogP contribution >= 0.6 is 34.9 Å². The normalized spacial score (nSPS) is 10.4. The molecular weight excluding hydrogens is 273 g/mol. The number of hydrazine groups is 1. The zero-order chi connectivity index (χ0) is 11.7. The Morgan fingerprint density at radius 1 is 1.31 bits per heavy atom. The van der Waals surface area contributed by atoms with E-state index in [2.05, 4.69) is 14.1 Å². The van der Waals surface area contributed by atoms with Gasteiger partial charge in [-0.15, -0.1) is 0 Å². The third-order valence-electron chi connectivity index (χ3n) is 1.81. The largest absolute Gasteiger partial charge is 0.333 e. The van der Waals surface area contributed by atoms with Gasteiger partial charge in [-0.25, -0.2) is 10.6 Å². The Morgan fingerprint density at radius 2 is 2.00 bits per heavy atom. The number of anilines is 1. The van der Waals surface area contributed by atoms with E-state index in [-0.39, 0.29) is 5.02 Å². The number of halogens is 2. The predicted molar refractivity (Wildman–Crippen MR) is 63.8 cm³/mol. The second-order valence-corrected chi connectivity index (χ2v) is 4.12. The van der Waals surface area contributed by atoms with Crippen LogP contribution in [0, 0.1) is 0 Å². The Morgan fingerprint density at radius 3 is 2.69 bits per heavy atom. The molecule has 0 saturated carbocycles. The van der Waals surface area contributed by atoms with Crippen molar-refractivity contribution in [2.45, 2.75) is 0 Å². The number of carbonyl (C=O) groups excluding carboxylic acids is 1. The van der Waals surface area contributed by atoms with Crippen LogP contribution in [-0.2, 0) is 0 Å². The van der Waals surface area contributed by atoms with Gasteiger partial charge in [-0.3, -0.25) is 5.43 Å². The summed E-state index contributed by atoms with van der Waals surface area (Å²) in [6, 6.07) is 0.887. The molecule has 2 amide bonds. The van der Waals surface area contributed by atoms with E-state index in [1.165, 1.54) is 6.07 Å². The van der Waals surface area contributed by atoms with E-state index in [1.54, 1.807) is 0 Å². The number of aromatic nitrogens is 2. The lowest BCUT2D eigenvalue weighted by atomic mass is 10.2. The molecule has 1 heterocycles. The number of hydrogen-bond acceptors (Lipinski definition) is 5. The number of benzene rings is 1. The molecule has 6 nitrogen and oxygen atoms in total. The van der Waals surface area contributed by atoms with Crippen LogP contribution in [0.4, 0.5) is 10.5 Å². The molecule has 0 radical (unpaired) electrons. The van der Waals surface area contributed by atoms with Gasteiger partial charge in [0.05, 0.1) is 27.5 Å². The Labute approximate surface area is 104 Å². The molecule has 0 spiro atoms. The quantitative estimate of drug-likeness (QED) is 0.422. The highest BCUT2D eigenvalue weighted by Gasteiger charge is 2.15. The number of fused-ring (bicyclic) bond motifs is 1. The van der Waals surface area contributed by atoms with Gasteiger partial charge in [-0.05, 0) is 6.07 Å². The summed E-state index contributed by atoms with van der Waals surface area (Å²) >= 11 is 12.8. The maximum Gasteiger partial charge on any atom is 0.333 e. The standard InChI is InChI=1S/C7H5Cl2N5OS/c8-2-1-3(9)5-6(14-16-13-5)4(2)11-7(15)12-10/h1H,10H2,(H2,11,12,15). The third-order valence-corrected chi connectivity index (χ3v) is 2.93. The van der Waals surface area contributed by atoms with Crippen LogP contribution in [0.15, 0.2) is 6.07 Å². The fraction of sp³-hybridized carbons (Fsp3) is 0. The summed E-state index contributed by atoms with van der Waals surface area (Å²) in [6.07, 6.45) is 0. The van der Waals surface area contributed by atoms with Crippen molar-refractivity contribution in [3.05, 3.63) is 16.1 Å². The minimum absolute atomic E-state index is 0.272. The molecule has 0 aliphatic heterocycles. The Hall–Kier alpha value is -1.15. The Bertz CT molecular complexity index is 557. The van der Waals surface area contributed by atoms with Gasteiger partial charge in [0.1, 0.15) is 11.0 Å². The Balaban J connectivity index is 2.59. The summed E-state index contributed by atoms with van der Waals surface area (Å²) in [5, 5.41) is 3.11. The molecule has 0 unspecified atom stereocenters. The second kappa shape index (κ2) is 4.38. The number of nitrogens with two attached hydrogens (primary N) is 1. The average molecular weight is 278 g/mol. The first-order chi connectivity index (χ1) is 7.63. The summed E-state index contributed by atoms with van der Waals surface area (Å²) in [7, 11) is 0. The fourth-order valence-electron chi connectivity index (χ4n) is 1.14. The number of nitrogens with one attached hydrogen (secondary N) is 2. The first-order valence-corrected chi connectivity index (χ1v) is 5.50. The van der Waals surface area contributed by atoms with E-state index in [0.717, 1.165) is 11.7 Å². The highest BCUT2D eigenvalue weighted by Crippen LogP contribution is 2.34. The molecule has 0 bridgehead atoms. The number of amides is 2. The van der Waals surface area contributed by atoms with Crippen LogP contribution in [-0.4, -0.2) is 14.8 Å². The van der Waals surface area contributed by atoms with Crippen molar-refractivity contribution in [1.29, 1.82) is 0 Å². The number of hydrogen-bond donors (Lipinski definition) is 3. The predicted octanol–water partition coefficient (Wildman–Crippen LogP) is 1.99. The van der Waals surface area contributed by atoms with Gasteiger partial charge >= 0.3 is 6.03 Å². The summed E-state index contributed by atoms with van der Waals surface area (Å²) in [6.45, 7) is 0. The summed E-state index contributed by atoms with van der Waals surface area (Å²) < 4.78 is 8.00. The average Bonchev–Trinajstić information content (AvgIpc) is 2.73. The van der Waals surface area contributed by atoms with Crippen molar-refractivity contribution in [2.75, 3.05) is 5.32 Å². The molecule has 1 aromatic heterocycles. The van der Waals surface area contributed by atoms with Crippen LogP contribution in [0.2, 0.25) is 10.0 Å². The van der Waals surface area contributed by atoms with Crippen molar-refractivity contribution < 1.29 is 4.79 Å². The Kier molecular flexibility index (Phi) is 3.10. The smallest absolute Gasteiger partial charge is 0.303 e. The zero-order valence-corrected chi connectivity index (χ0v) is 9.95. The van der Waals surface area contributed by atoms with Crippen molar-refractivity contribution >= 4 is 57.7 Å². The summed E-state index contributed by atoms with van der Waals surface area (Å²) in [4.78, 5) is 11.1. The lowest BCUT2D eigenvalue weighted by Gasteiger charge is -2.07. The van der Waals surface area contributed by atoms with E-state index in [4.69, 9.17) is 29.0 Å². The van der Waals surface area contributed by atoms with E-state index >= 15 is 0 Å². The number of carbonyl (C=O) groups is 1. The molecular formula is C7H5Cl2N5OS. The van der Waals surface area contributed by atoms with Crippen molar-refractivity contribution in [2.24, 2.45) is 5.84 Å². The SMILES string of the molecule is NNC(=O)Nc1c(Cl)cc(Cl)c2nsnc12. The van der Waals surface area contributed by atoms with Gasteiger partial charge in [0.2, 0.25) is 0 Å². The zero-order valence-electron chi connectivity index (χ0n) is 7.62. The molecule has 0 atom stereocenters.